The number of aromatic nitrogens is 1. The van der Waals surface area contributed by atoms with Crippen LogP contribution in [0.5, 0.6) is 0 Å². The minimum Gasteiger partial charge on any atom is -0.383 e. The van der Waals surface area contributed by atoms with Crippen LogP contribution in [0.2, 0.25) is 0 Å². The lowest BCUT2D eigenvalue weighted by Gasteiger charge is -2.44. The first kappa shape index (κ1) is 15.1. The number of ether oxygens (including phenoxy) is 1. The number of methoxy groups -OCH3 is 1. The molecule has 1 aromatic heterocycles. The molecule has 0 fully saturated rings. The summed E-state index contributed by atoms with van der Waals surface area (Å²) in [5.41, 5.74) is 7.07. The van der Waals surface area contributed by atoms with Crippen molar-refractivity contribution in [2.75, 3.05) is 27.3 Å². The highest BCUT2D eigenvalue weighted by Crippen LogP contribution is 2.25. The molecular formula is C14H25N3O. The van der Waals surface area contributed by atoms with Crippen molar-refractivity contribution in [1.29, 1.82) is 0 Å². The fraction of sp³-hybridized carbons (Fsp3) is 0.643. The van der Waals surface area contributed by atoms with Crippen molar-refractivity contribution in [3.05, 3.63) is 30.1 Å². The lowest BCUT2D eigenvalue weighted by Crippen LogP contribution is -2.58. The molecule has 0 saturated carbocycles. The Labute approximate surface area is 110 Å². The van der Waals surface area contributed by atoms with Gasteiger partial charge in [0.25, 0.3) is 0 Å². The van der Waals surface area contributed by atoms with E-state index in [9.17, 15) is 0 Å². The molecule has 0 saturated heterocycles. The molecule has 1 heterocycles. The first-order valence-corrected chi connectivity index (χ1v) is 6.36. The van der Waals surface area contributed by atoms with Gasteiger partial charge in [0, 0.05) is 32.6 Å². The van der Waals surface area contributed by atoms with Crippen LogP contribution in [0.15, 0.2) is 24.5 Å². The van der Waals surface area contributed by atoms with Crippen molar-refractivity contribution < 1.29 is 4.74 Å². The second-order valence-corrected chi connectivity index (χ2v) is 5.11. The Hall–Kier alpha value is -0.970. The third kappa shape index (κ3) is 3.28. The van der Waals surface area contributed by atoms with Gasteiger partial charge in [0.1, 0.15) is 0 Å². The van der Waals surface area contributed by atoms with Crippen molar-refractivity contribution in [2.45, 2.75) is 25.9 Å². The van der Waals surface area contributed by atoms with Crippen LogP contribution in [-0.4, -0.2) is 42.7 Å². The van der Waals surface area contributed by atoms with Crippen LogP contribution in [0.25, 0.3) is 0 Å². The molecule has 0 radical (unpaired) electrons. The molecule has 102 valence electrons. The molecule has 0 aliphatic carbocycles. The third-order valence-corrected chi connectivity index (χ3v) is 3.73. The number of hydrogen-bond acceptors (Lipinski definition) is 4. The zero-order chi connectivity index (χ0) is 13.6. The van der Waals surface area contributed by atoms with Gasteiger partial charge < -0.3 is 10.5 Å². The van der Waals surface area contributed by atoms with Gasteiger partial charge in [0.15, 0.2) is 0 Å². The molecule has 0 aliphatic rings. The third-order valence-electron chi connectivity index (χ3n) is 3.73. The molecule has 18 heavy (non-hydrogen) atoms. The summed E-state index contributed by atoms with van der Waals surface area (Å²) >= 11 is 0. The van der Waals surface area contributed by atoms with Crippen molar-refractivity contribution in [2.24, 2.45) is 11.7 Å². The fourth-order valence-corrected chi connectivity index (χ4v) is 2.34. The summed E-state index contributed by atoms with van der Waals surface area (Å²) in [6, 6.07) is 4.04. The highest BCUT2D eigenvalue weighted by atomic mass is 16.5. The van der Waals surface area contributed by atoms with Gasteiger partial charge in [-0.2, -0.15) is 0 Å². The average Bonchev–Trinajstić information content (AvgIpc) is 2.36. The Balaban J connectivity index is 2.85. The molecule has 0 spiro atoms. The summed E-state index contributed by atoms with van der Waals surface area (Å²) in [5.74, 6) is 0.420. The summed E-state index contributed by atoms with van der Waals surface area (Å²) in [5, 5.41) is 0. The van der Waals surface area contributed by atoms with E-state index in [1.165, 1.54) is 5.56 Å². The minimum atomic E-state index is -0.134. The summed E-state index contributed by atoms with van der Waals surface area (Å²) in [7, 11) is 3.82. The first-order chi connectivity index (χ1) is 8.56. The van der Waals surface area contributed by atoms with E-state index in [4.69, 9.17) is 10.5 Å². The minimum absolute atomic E-state index is 0.134. The van der Waals surface area contributed by atoms with Crippen molar-refractivity contribution in [3.63, 3.8) is 0 Å². The maximum absolute atomic E-state index is 6.01. The van der Waals surface area contributed by atoms with Crippen LogP contribution in [0.3, 0.4) is 0 Å². The number of hydrogen-bond donors (Lipinski definition) is 1. The van der Waals surface area contributed by atoms with Gasteiger partial charge in [-0.25, -0.2) is 0 Å². The van der Waals surface area contributed by atoms with E-state index in [0.717, 1.165) is 6.54 Å². The molecule has 4 heteroatoms. The number of nitrogens with zero attached hydrogens (tertiary/aromatic N) is 2. The van der Waals surface area contributed by atoms with E-state index in [1.54, 1.807) is 13.3 Å². The molecule has 0 aliphatic heterocycles. The quantitative estimate of drug-likeness (QED) is 0.798. The largest absolute Gasteiger partial charge is 0.383 e. The zero-order valence-corrected chi connectivity index (χ0v) is 11.9. The summed E-state index contributed by atoms with van der Waals surface area (Å²) < 4.78 is 5.38. The first-order valence-electron chi connectivity index (χ1n) is 6.36. The SMILES string of the molecule is COCC(CN)(C(C)C)N(C)Cc1cccnc1. The number of likely N-dealkylation sites (N-methyl/N-ethyl adjacent to an activating group) is 1. The average molecular weight is 251 g/mol. The van der Waals surface area contributed by atoms with Crippen molar-refractivity contribution in [3.8, 4) is 0 Å². The highest BCUT2D eigenvalue weighted by Gasteiger charge is 2.36. The van der Waals surface area contributed by atoms with Crippen LogP contribution in [0.4, 0.5) is 0 Å². The molecule has 1 aromatic rings. The topological polar surface area (TPSA) is 51.4 Å². The summed E-state index contributed by atoms with van der Waals surface area (Å²) in [6.07, 6.45) is 3.68. The van der Waals surface area contributed by atoms with Crippen LogP contribution in [-0.2, 0) is 11.3 Å². The molecule has 2 N–H and O–H groups in total. The van der Waals surface area contributed by atoms with E-state index in [-0.39, 0.29) is 5.54 Å². The number of nitrogens with two attached hydrogens (primary N) is 1. The Morgan fingerprint density at radius 2 is 2.22 bits per heavy atom. The molecule has 1 rings (SSSR count). The Morgan fingerprint density at radius 3 is 2.67 bits per heavy atom. The Bertz CT molecular complexity index is 342. The number of pyridine rings is 1. The molecule has 1 atom stereocenters. The van der Waals surface area contributed by atoms with Gasteiger partial charge in [0.05, 0.1) is 12.1 Å². The summed E-state index contributed by atoms with van der Waals surface area (Å²) in [6.45, 7) is 6.41. The van der Waals surface area contributed by atoms with Gasteiger partial charge in [-0.3, -0.25) is 9.88 Å². The molecule has 0 bridgehead atoms. The predicted molar refractivity (Wildman–Crippen MR) is 74.2 cm³/mol. The fourth-order valence-electron chi connectivity index (χ4n) is 2.34. The molecule has 4 nitrogen and oxygen atoms in total. The van der Waals surface area contributed by atoms with Crippen LogP contribution < -0.4 is 5.73 Å². The monoisotopic (exact) mass is 251 g/mol. The van der Waals surface area contributed by atoms with Gasteiger partial charge >= 0.3 is 0 Å². The van der Waals surface area contributed by atoms with Crippen LogP contribution in [0, 0.1) is 5.92 Å². The van der Waals surface area contributed by atoms with Gasteiger partial charge in [-0.15, -0.1) is 0 Å². The second kappa shape index (κ2) is 6.83. The highest BCUT2D eigenvalue weighted by molar-refractivity contribution is 5.09. The van der Waals surface area contributed by atoms with E-state index in [2.05, 4.69) is 36.8 Å². The maximum Gasteiger partial charge on any atom is 0.0661 e. The van der Waals surface area contributed by atoms with E-state index in [1.807, 2.05) is 12.3 Å². The van der Waals surface area contributed by atoms with Gasteiger partial charge in [-0.05, 0) is 24.6 Å². The lowest BCUT2D eigenvalue weighted by molar-refractivity contribution is -0.00559. The van der Waals surface area contributed by atoms with Gasteiger partial charge in [0.2, 0.25) is 0 Å². The molecule has 0 aromatic carbocycles. The van der Waals surface area contributed by atoms with E-state index in [0.29, 0.717) is 19.1 Å². The van der Waals surface area contributed by atoms with E-state index < -0.39 is 0 Å². The summed E-state index contributed by atoms with van der Waals surface area (Å²) in [4.78, 5) is 6.42. The maximum atomic E-state index is 6.01. The number of rotatable bonds is 7. The van der Waals surface area contributed by atoms with E-state index >= 15 is 0 Å². The molecular weight excluding hydrogens is 226 g/mol. The molecule has 1 unspecified atom stereocenters. The zero-order valence-electron chi connectivity index (χ0n) is 11.9. The van der Waals surface area contributed by atoms with Gasteiger partial charge in [-0.1, -0.05) is 19.9 Å². The van der Waals surface area contributed by atoms with Crippen molar-refractivity contribution in [1.82, 2.24) is 9.88 Å². The predicted octanol–water partition coefficient (Wildman–Crippen LogP) is 1.51. The van der Waals surface area contributed by atoms with Crippen LogP contribution >= 0.6 is 0 Å². The smallest absolute Gasteiger partial charge is 0.0661 e. The standard InChI is InChI=1S/C14H25N3O/c1-12(2)14(10-15,11-18-4)17(3)9-13-6-5-7-16-8-13/h5-8,12H,9-11,15H2,1-4H3. The Kier molecular flexibility index (Phi) is 5.72. The van der Waals surface area contributed by atoms with Crippen LogP contribution in [0.1, 0.15) is 19.4 Å². The second-order valence-electron chi connectivity index (χ2n) is 5.11. The normalized spacial score (nSPS) is 15.1. The van der Waals surface area contributed by atoms with Crippen molar-refractivity contribution >= 4 is 0 Å². The Morgan fingerprint density at radius 1 is 1.50 bits per heavy atom. The lowest BCUT2D eigenvalue weighted by atomic mass is 9.85. The molecule has 0 amide bonds.